The number of alkyl halides is 7. The van der Waals surface area contributed by atoms with E-state index in [-0.39, 0.29) is 36.5 Å². The molecule has 2 aliphatic heterocycles. The molecule has 16 heteroatoms. The molecule has 0 aliphatic carbocycles. The second-order valence-electron chi connectivity index (χ2n) is 9.59. The molecule has 2 aromatic rings. The number of hydrogen-bond donors (Lipinski definition) is 1. The van der Waals surface area contributed by atoms with Crippen molar-refractivity contribution >= 4 is 21.6 Å². The van der Waals surface area contributed by atoms with E-state index in [0.717, 1.165) is 30.3 Å². The molecule has 2 aliphatic rings. The van der Waals surface area contributed by atoms with Crippen molar-refractivity contribution in [2.45, 2.75) is 55.3 Å². The van der Waals surface area contributed by atoms with Crippen LogP contribution >= 0.6 is 0 Å². The Bertz CT molecular complexity index is 1330. The van der Waals surface area contributed by atoms with E-state index in [4.69, 9.17) is 0 Å². The first kappa shape index (κ1) is 30.0. The molecule has 1 N–H and O–H groups in total. The predicted molar refractivity (Wildman–Crippen MR) is 126 cm³/mol. The average molecular weight is 601 g/mol. The first-order valence-electron chi connectivity index (χ1n) is 12.1. The number of nitrogens with zero attached hydrogens (tertiary/aromatic N) is 3. The van der Waals surface area contributed by atoms with Gasteiger partial charge in [0.25, 0.3) is 0 Å². The van der Waals surface area contributed by atoms with Crippen molar-refractivity contribution in [2.24, 2.45) is 5.92 Å². The van der Waals surface area contributed by atoms with Gasteiger partial charge in [-0.2, -0.15) is 30.6 Å². The summed E-state index contributed by atoms with van der Waals surface area (Å²) in [5.74, 6) is -3.26. The van der Waals surface area contributed by atoms with Gasteiger partial charge in [-0.1, -0.05) is 0 Å². The number of aromatic nitrogens is 1. The molecule has 2 fully saturated rings. The third-order valence-electron chi connectivity index (χ3n) is 6.91. The lowest BCUT2D eigenvalue weighted by molar-refractivity contribution is -0.179. The van der Waals surface area contributed by atoms with Gasteiger partial charge in [0.2, 0.25) is 15.9 Å². The zero-order chi connectivity index (χ0) is 29.5. The van der Waals surface area contributed by atoms with Gasteiger partial charge < -0.3 is 10.2 Å². The molecule has 0 bridgehead atoms. The van der Waals surface area contributed by atoms with Gasteiger partial charge in [-0.15, -0.1) is 0 Å². The molecule has 3 heterocycles. The van der Waals surface area contributed by atoms with Crippen LogP contribution in [-0.4, -0.2) is 61.6 Å². The molecule has 2 atom stereocenters. The number of piperidine rings is 1. The second-order valence-corrected chi connectivity index (χ2v) is 11.5. The molecule has 0 spiro atoms. The Balaban J connectivity index is 1.50. The van der Waals surface area contributed by atoms with E-state index >= 15 is 0 Å². The van der Waals surface area contributed by atoms with Crippen molar-refractivity contribution in [2.75, 3.05) is 24.5 Å². The van der Waals surface area contributed by atoms with Gasteiger partial charge in [0.15, 0.2) is 0 Å². The van der Waals surface area contributed by atoms with Crippen LogP contribution in [0.25, 0.3) is 0 Å². The first-order chi connectivity index (χ1) is 18.6. The lowest BCUT2D eigenvalue weighted by Gasteiger charge is -2.35. The first-order valence-corrected chi connectivity index (χ1v) is 13.6. The smallest absolute Gasteiger partial charge is 0.371 e. The van der Waals surface area contributed by atoms with E-state index < -0.39 is 83.0 Å². The van der Waals surface area contributed by atoms with Crippen LogP contribution in [0.1, 0.15) is 30.5 Å². The van der Waals surface area contributed by atoms with E-state index in [2.05, 4.69) is 10.3 Å². The van der Waals surface area contributed by atoms with Gasteiger partial charge in [-0.3, -0.25) is 9.78 Å². The van der Waals surface area contributed by atoms with Crippen LogP contribution in [0.5, 0.6) is 0 Å². The quantitative estimate of drug-likeness (QED) is 0.497. The summed E-state index contributed by atoms with van der Waals surface area (Å²) < 4.78 is 134. The third kappa shape index (κ3) is 6.48. The molecule has 4 rings (SSSR count). The predicted octanol–water partition coefficient (Wildman–Crippen LogP) is 4.44. The molecule has 1 aromatic heterocycles. The summed E-state index contributed by atoms with van der Waals surface area (Å²) in [6.45, 7) is -1.65. The monoisotopic (exact) mass is 600 g/mol. The highest BCUT2D eigenvalue weighted by molar-refractivity contribution is 7.89. The van der Waals surface area contributed by atoms with Crippen molar-refractivity contribution in [1.29, 1.82) is 0 Å². The molecule has 1 amide bonds. The number of benzene rings is 1. The summed E-state index contributed by atoms with van der Waals surface area (Å²) in [6, 6.07) is 3.25. The summed E-state index contributed by atoms with van der Waals surface area (Å²) >= 11 is 0. The molecule has 0 saturated carbocycles. The maximum absolute atomic E-state index is 14.2. The number of carbonyl (C=O) groups is 1. The van der Waals surface area contributed by atoms with Crippen LogP contribution in [0.4, 0.5) is 40.8 Å². The second kappa shape index (κ2) is 11.1. The molecule has 7 nitrogen and oxygen atoms in total. The number of anilines is 1. The number of hydrogen-bond acceptors (Lipinski definition) is 5. The SMILES string of the molecule is O=C(NCc1cc(N2CCC(C(F)(F)F)CC2)c(C(F)(F)F)cn1)C1CC(F)CN1S(=O)(=O)c1ccc(F)cc1. The molecular formula is C24H24F8N4O3S. The van der Waals surface area contributed by atoms with Gasteiger partial charge >= 0.3 is 12.4 Å². The number of sulfonamides is 1. The Hall–Kier alpha value is -3.01. The van der Waals surface area contributed by atoms with Gasteiger partial charge in [0.05, 0.1) is 34.3 Å². The summed E-state index contributed by atoms with van der Waals surface area (Å²) in [4.78, 5) is 17.4. The van der Waals surface area contributed by atoms with Crippen molar-refractivity contribution in [1.82, 2.24) is 14.6 Å². The Kier molecular flexibility index (Phi) is 8.32. The molecule has 2 unspecified atom stereocenters. The largest absolute Gasteiger partial charge is 0.419 e. The van der Waals surface area contributed by atoms with Gasteiger partial charge in [0, 0.05) is 32.3 Å². The Morgan fingerprint density at radius 3 is 2.25 bits per heavy atom. The van der Waals surface area contributed by atoms with Crippen LogP contribution in [0.2, 0.25) is 0 Å². The zero-order valence-corrected chi connectivity index (χ0v) is 21.5. The highest BCUT2D eigenvalue weighted by Crippen LogP contribution is 2.40. The van der Waals surface area contributed by atoms with Crippen molar-refractivity contribution < 1.29 is 48.3 Å². The standard InChI is InChI=1S/C24H24F8N4O3S/c25-15-1-3-18(4-2-15)40(38,39)36-13-16(26)9-21(36)22(37)34-11-17-10-20(19(12-33-17)24(30,31)32)35-7-5-14(6-8-35)23(27,28)29/h1-4,10,12,14,16,21H,5-9,11,13H2,(H,34,37). The van der Waals surface area contributed by atoms with E-state index in [1.54, 1.807) is 0 Å². The van der Waals surface area contributed by atoms with Crippen molar-refractivity contribution in [3.8, 4) is 0 Å². The topological polar surface area (TPSA) is 82.6 Å². The van der Waals surface area contributed by atoms with Gasteiger partial charge in [-0.05, 0) is 43.2 Å². The van der Waals surface area contributed by atoms with E-state index in [1.165, 1.54) is 4.90 Å². The van der Waals surface area contributed by atoms with E-state index in [9.17, 15) is 48.3 Å². The number of pyridine rings is 1. The fourth-order valence-corrected chi connectivity index (χ4v) is 6.43. The van der Waals surface area contributed by atoms with Crippen LogP contribution in [0.15, 0.2) is 41.4 Å². The summed E-state index contributed by atoms with van der Waals surface area (Å²) in [7, 11) is -4.39. The maximum atomic E-state index is 14.2. The number of carbonyl (C=O) groups excluding carboxylic acids is 1. The molecule has 1 aromatic carbocycles. The highest BCUT2D eigenvalue weighted by atomic mass is 32.2. The van der Waals surface area contributed by atoms with Crippen molar-refractivity contribution in [3.05, 3.63) is 53.6 Å². The summed E-state index contributed by atoms with van der Waals surface area (Å²) in [5, 5.41) is 2.36. The normalized spacial score (nSPS) is 21.6. The molecule has 2 saturated heterocycles. The zero-order valence-electron chi connectivity index (χ0n) is 20.6. The Labute approximate surface area is 224 Å². The molecule has 0 radical (unpaired) electrons. The number of amides is 1. The van der Waals surface area contributed by atoms with E-state index in [1.807, 2.05) is 0 Å². The fraction of sp³-hybridized carbons (Fsp3) is 0.500. The number of nitrogens with one attached hydrogen (secondary N) is 1. The van der Waals surface area contributed by atoms with Crippen LogP contribution in [-0.2, 0) is 27.5 Å². The average Bonchev–Trinajstić information content (AvgIpc) is 3.29. The van der Waals surface area contributed by atoms with E-state index in [0.29, 0.717) is 10.5 Å². The maximum Gasteiger partial charge on any atom is 0.419 e. The minimum atomic E-state index is -4.85. The summed E-state index contributed by atoms with van der Waals surface area (Å²) in [5.41, 5.74) is -1.62. The minimum absolute atomic E-state index is 0.0722. The molecular weight excluding hydrogens is 576 g/mol. The highest BCUT2D eigenvalue weighted by Gasteiger charge is 2.45. The number of rotatable bonds is 6. The lowest BCUT2D eigenvalue weighted by Crippen LogP contribution is -2.45. The van der Waals surface area contributed by atoms with Gasteiger partial charge in [0.1, 0.15) is 18.0 Å². The minimum Gasteiger partial charge on any atom is -0.371 e. The summed E-state index contributed by atoms with van der Waals surface area (Å²) in [6.07, 6.45) is -11.7. The third-order valence-corrected chi connectivity index (χ3v) is 8.80. The molecule has 40 heavy (non-hydrogen) atoms. The van der Waals surface area contributed by atoms with Gasteiger partial charge in [-0.25, -0.2) is 17.2 Å². The van der Waals surface area contributed by atoms with Crippen LogP contribution in [0.3, 0.4) is 0 Å². The Morgan fingerprint density at radius 1 is 1.05 bits per heavy atom. The fourth-order valence-electron chi connectivity index (χ4n) is 4.81. The van der Waals surface area contributed by atoms with Crippen molar-refractivity contribution in [3.63, 3.8) is 0 Å². The number of halogens is 8. The van der Waals surface area contributed by atoms with Crippen LogP contribution in [0, 0.1) is 11.7 Å². The Morgan fingerprint density at radius 2 is 1.68 bits per heavy atom. The lowest BCUT2D eigenvalue weighted by atomic mass is 9.95. The van der Waals surface area contributed by atoms with Crippen LogP contribution < -0.4 is 10.2 Å². The molecule has 220 valence electrons.